The molecule has 1 aromatic heterocycles. The molecule has 1 aromatic rings. The first kappa shape index (κ1) is 15.1. The molecule has 7 heteroatoms. The fourth-order valence-electron chi connectivity index (χ4n) is 1.44. The van der Waals surface area contributed by atoms with E-state index in [2.05, 4.69) is 4.98 Å². The quantitative estimate of drug-likeness (QED) is 0.616. The first-order valence-corrected chi connectivity index (χ1v) is 6.53. The maximum absolute atomic E-state index is 12.3. The second-order valence-electron chi connectivity index (χ2n) is 3.90. The van der Waals surface area contributed by atoms with Crippen molar-refractivity contribution in [3.8, 4) is 0 Å². The summed E-state index contributed by atoms with van der Waals surface area (Å²) in [6.07, 6.45) is 0.212. The first-order valence-electron chi connectivity index (χ1n) is 5.71. The second kappa shape index (κ2) is 6.84. The van der Waals surface area contributed by atoms with Crippen molar-refractivity contribution < 1.29 is 18.0 Å². The van der Waals surface area contributed by atoms with Crippen LogP contribution in [0.4, 0.5) is 13.2 Å². The lowest BCUT2D eigenvalue weighted by Gasteiger charge is -2.00. The zero-order valence-electron chi connectivity index (χ0n) is 9.79. The Bertz CT molecular complexity index is 390. The standard InChI is InChI=1S/C11H15F3N2OS/c12-11(13,14)10-16-7-9(18-10)8(17)5-3-1-2-4-6-15/h7H,1-6,15H2. The summed E-state index contributed by atoms with van der Waals surface area (Å²) in [7, 11) is 0. The summed E-state index contributed by atoms with van der Waals surface area (Å²) in [6.45, 7) is 0.623. The number of ketones is 1. The Balaban J connectivity index is 2.40. The van der Waals surface area contributed by atoms with Crippen LogP contribution < -0.4 is 5.73 Å². The van der Waals surface area contributed by atoms with E-state index in [-0.39, 0.29) is 17.1 Å². The molecule has 0 saturated carbocycles. The van der Waals surface area contributed by atoms with Crippen molar-refractivity contribution in [2.75, 3.05) is 6.54 Å². The number of nitrogens with two attached hydrogens (primary N) is 1. The molecule has 0 spiro atoms. The van der Waals surface area contributed by atoms with Gasteiger partial charge in [0.2, 0.25) is 0 Å². The molecule has 0 saturated heterocycles. The molecule has 0 amide bonds. The molecule has 0 aliphatic heterocycles. The van der Waals surface area contributed by atoms with E-state index in [4.69, 9.17) is 5.73 Å². The largest absolute Gasteiger partial charge is 0.443 e. The van der Waals surface area contributed by atoms with Gasteiger partial charge in [-0.2, -0.15) is 13.2 Å². The van der Waals surface area contributed by atoms with Crippen LogP contribution in [-0.2, 0) is 6.18 Å². The molecule has 102 valence electrons. The highest BCUT2D eigenvalue weighted by Gasteiger charge is 2.35. The molecular formula is C11H15F3N2OS. The van der Waals surface area contributed by atoms with E-state index in [1.807, 2.05) is 0 Å². The maximum Gasteiger partial charge on any atom is 0.443 e. The third kappa shape index (κ3) is 4.73. The minimum absolute atomic E-state index is 0.0844. The number of carbonyl (C=O) groups excluding carboxylic acids is 1. The van der Waals surface area contributed by atoms with Gasteiger partial charge in [-0.3, -0.25) is 4.79 Å². The molecule has 0 bridgehead atoms. The van der Waals surface area contributed by atoms with Crippen LogP contribution in [0.2, 0.25) is 0 Å². The monoisotopic (exact) mass is 280 g/mol. The van der Waals surface area contributed by atoms with Crippen molar-refractivity contribution in [1.82, 2.24) is 4.98 Å². The lowest BCUT2D eigenvalue weighted by Crippen LogP contribution is -2.03. The van der Waals surface area contributed by atoms with Gasteiger partial charge < -0.3 is 5.73 Å². The zero-order valence-corrected chi connectivity index (χ0v) is 10.6. The number of Topliss-reactive ketones (excluding diaryl/α,β-unsaturated/α-hetero) is 1. The van der Waals surface area contributed by atoms with Crippen molar-refractivity contribution in [1.29, 1.82) is 0 Å². The van der Waals surface area contributed by atoms with Gasteiger partial charge in [-0.25, -0.2) is 4.98 Å². The summed E-state index contributed by atoms with van der Waals surface area (Å²) >= 11 is 0.411. The predicted molar refractivity (Wildman–Crippen MR) is 63.6 cm³/mol. The lowest BCUT2D eigenvalue weighted by atomic mass is 10.1. The van der Waals surface area contributed by atoms with Crippen molar-refractivity contribution in [3.63, 3.8) is 0 Å². The van der Waals surface area contributed by atoms with Gasteiger partial charge in [0, 0.05) is 12.6 Å². The number of hydrogen-bond donors (Lipinski definition) is 1. The van der Waals surface area contributed by atoms with Gasteiger partial charge in [-0.05, 0) is 19.4 Å². The number of rotatable bonds is 7. The highest BCUT2D eigenvalue weighted by Crippen LogP contribution is 2.32. The van der Waals surface area contributed by atoms with Crippen molar-refractivity contribution >= 4 is 17.1 Å². The van der Waals surface area contributed by atoms with E-state index in [0.29, 0.717) is 24.3 Å². The molecule has 0 radical (unpaired) electrons. The number of unbranched alkanes of at least 4 members (excludes halogenated alkanes) is 3. The molecule has 2 N–H and O–H groups in total. The number of nitrogens with zero attached hydrogens (tertiary/aromatic N) is 1. The van der Waals surface area contributed by atoms with Crippen LogP contribution >= 0.6 is 11.3 Å². The Morgan fingerprint density at radius 2 is 1.94 bits per heavy atom. The number of carbonyl (C=O) groups is 1. The molecule has 0 fully saturated rings. The van der Waals surface area contributed by atoms with E-state index in [1.54, 1.807) is 0 Å². The van der Waals surface area contributed by atoms with E-state index in [1.165, 1.54) is 0 Å². The van der Waals surface area contributed by atoms with Gasteiger partial charge in [0.25, 0.3) is 0 Å². The molecule has 0 aliphatic carbocycles. The Morgan fingerprint density at radius 1 is 1.28 bits per heavy atom. The highest BCUT2D eigenvalue weighted by molar-refractivity contribution is 7.13. The topological polar surface area (TPSA) is 56.0 Å². The van der Waals surface area contributed by atoms with Crippen molar-refractivity contribution in [3.05, 3.63) is 16.1 Å². The van der Waals surface area contributed by atoms with Crippen LogP contribution in [0.3, 0.4) is 0 Å². The molecule has 0 aliphatic rings. The summed E-state index contributed by atoms with van der Waals surface area (Å²) in [6, 6.07) is 0. The number of alkyl halides is 3. The number of thiazole rings is 1. The van der Waals surface area contributed by atoms with Gasteiger partial charge in [0.1, 0.15) is 0 Å². The molecular weight excluding hydrogens is 265 g/mol. The van der Waals surface area contributed by atoms with Gasteiger partial charge >= 0.3 is 6.18 Å². The Labute approximate surface area is 107 Å². The molecule has 0 unspecified atom stereocenters. The van der Waals surface area contributed by atoms with Crippen LogP contribution in [0.1, 0.15) is 46.8 Å². The van der Waals surface area contributed by atoms with Crippen LogP contribution in [0.15, 0.2) is 6.20 Å². The summed E-state index contributed by atoms with van der Waals surface area (Å²) in [5, 5.41) is -0.964. The summed E-state index contributed by atoms with van der Waals surface area (Å²) in [4.78, 5) is 14.9. The van der Waals surface area contributed by atoms with Gasteiger partial charge in [0.15, 0.2) is 10.8 Å². The fraction of sp³-hybridized carbons (Fsp3) is 0.636. The van der Waals surface area contributed by atoms with E-state index in [0.717, 1.165) is 25.5 Å². The Hall–Kier alpha value is -0.950. The molecule has 3 nitrogen and oxygen atoms in total. The summed E-state index contributed by atoms with van der Waals surface area (Å²) in [5.74, 6) is -0.268. The van der Waals surface area contributed by atoms with Gasteiger partial charge in [0.05, 0.1) is 4.88 Å². The van der Waals surface area contributed by atoms with Crippen LogP contribution in [-0.4, -0.2) is 17.3 Å². The first-order chi connectivity index (χ1) is 8.45. The number of hydrogen-bond acceptors (Lipinski definition) is 4. The average Bonchev–Trinajstić information content (AvgIpc) is 2.77. The third-order valence-corrected chi connectivity index (χ3v) is 3.46. The maximum atomic E-state index is 12.3. The zero-order chi connectivity index (χ0) is 13.6. The molecule has 1 heterocycles. The summed E-state index contributed by atoms with van der Waals surface area (Å²) < 4.78 is 36.8. The second-order valence-corrected chi connectivity index (χ2v) is 4.93. The smallest absolute Gasteiger partial charge is 0.330 e. The van der Waals surface area contributed by atoms with Crippen LogP contribution in [0.25, 0.3) is 0 Å². The Morgan fingerprint density at radius 3 is 2.50 bits per heavy atom. The van der Waals surface area contributed by atoms with Crippen molar-refractivity contribution in [2.45, 2.75) is 38.3 Å². The molecule has 18 heavy (non-hydrogen) atoms. The number of halogens is 3. The highest BCUT2D eigenvalue weighted by atomic mass is 32.1. The minimum atomic E-state index is -4.47. The predicted octanol–water partition coefficient (Wildman–Crippen LogP) is 3.25. The SMILES string of the molecule is NCCCCCCC(=O)c1cnc(C(F)(F)F)s1. The average molecular weight is 280 g/mol. The van der Waals surface area contributed by atoms with E-state index < -0.39 is 11.2 Å². The van der Waals surface area contributed by atoms with Crippen LogP contribution in [0.5, 0.6) is 0 Å². The minimum Gasteiger partial charge on any atom is -0.330 e. The number of aromatic nitrogens is 1. The molecule has 0 aromatic carbocycles. The third-order valence-electron chi connectivity index (χ3n) is 2.38. The molecule has 1 rings (SSSR count). The van der Waals surface area contributed by atoms with E-state index >= 15 is 0 Å². The molecule has 0 atom stereocenters. The Kier molecular flexibility index (Phi) is 5.74. The van der Waals surface area contributed by atoms with Gasteiger partial charge in [-0.1, -0.05) is 12.8 Å². The van der Waals surface area contributed by atoms with Crippen LogP contribution in [0, 0.1) is 0 Å². The van der Waals surface area contributed by atoms with E-state index in [9.17, 15) is 18.0 Å². The van der Waals surface area contributed by atoms with Gasteiger partial charge in [-0.15, -0.1) is 11.3 Å². The fourth-order valence-corrected chi connectivity index (χ4v) is 2.19. The normalized spacial score (nSPS) is 11.8. The lowest BCUT2D eigenvalue weighted by molar-refractivity contribution is -0.137. The summed E-state index contributed by atoms with van der Waals surface area (Å²) in [5.41, 5.74) is 5.33. The van der Waals surface area contributed by atoms with Crippen molar-refractivity contribution in [2.24, 2.45) is 5.73 Å².